The summed E-state index contributed by atoms with van der Waals surface area (Å²) in [6, 6.07) is 6.91. The number of carbonyl (C=O) groups is 1. The van der Waals surface area contributed by atoms with Gasteiger partial charge in [0, 0.05) is 17.8 Å². The second-order valence-corrected chi connectivity index (χ2v) is 3.89. The van der Waals surface area contributed by atoms with Crippen LogP contribution < -0.4 is 5.32 Å². The fourth-order valence-corrected chi connectivity index (χ4v) is 1.45. The molecule has 18 heavy (non-hydrogen) atoms. The molecule has 0 radical (unpaired) electrons. The maximum atomic E-state index is 11.3. The fraction of sp³-hybridized carbons (Fsp3) is 0.231. The number of anilines is 1. The highest BCUT2D eigenvalue weighted by atomic mass is 35.5. The number of rotatable bonds is 5. The maximum Gasteiger partial charge on any atom is 0.335 e. The average molecular weight is 265 g/mol. The molecule has 0 aromatic heterocycles. The van der Waals surface area contributed by atoms with Crippen LogP contribution in [-0.4, -0.2) is 19.1 Å². The number of nitriles is 1. The highest BCUT2D eigenvalue weighted by Crippen LogP contribution is 2.20. The van der Waals surface area contributed by atoms with Gasteiger partial charge < -0.3 is 10.1 Å². The molecule has 0 atom stereocenters. The van der Waals surface area contributed by atoms with Crippen LogP contribution in [0.1, 0.15) is 12.5 Å². The van der Waals surface area contributed by atoms with Crippen LogP contribution in [0.2, 0.25) is 5.02 Å². The highest BCUT2D eigenvalue weighted by molar-refractivity contribution is 6.32. The van der Waals surface area contributed by atoms with Crippen LogP contribution in [0.5, 0.6) is 0 Å². The van der Waals surface area contributed by atoms with Crippen molar-refractivity contribution in [1.29, 1.82) is 5.26 Å². The fourth-order valence-electron chi connectivity index (χ4n) is 1.23. The van der Waals surface area contributed by atoms with Gasteiger partial charge >= 0.3 is 5.97 Å². The molecule has 94 valence electrons. The molecular formula is C13H13ClN2O2. The third-order valence-corrected chi connectivity index (χ3v) is 2.47. The molecule has 0 aliphatic carbocycles. The summed E-state index contributed by atoms with van der Waals surface area (Å²) in [5.74, 6) is -0.426. The number of carbonyl (C=O) groups excluding carboxylic acids is 1. The SMILES string of the molecule is C=C(CNc1ccc(C#N)c(Cl)c1)C(=O)OCC. The normalized spacial score (nSPS) is 9.39. The largest absolute Gasteiger partial charge is 0.463 e. The minimum absolute atomic E-state index is 0.265. The lowest BCUT2D eigenvalue weighted by Gasteiger charge is -2.09. The molecule has 1 N–H and O–H groups in total. The number of ether oxygens (including phenoxy) is 1. The molecule has 1 rings (SSSR count). The Hall–Kier alpha value is -1.99. The molecule has 0 saturated heterocycles. The lowest BCUT2D eigenvalue weighted by atomic mass is 10.2. The lowest BCUT2D eigenvalue weighted by molar-refractivity contribution is -0.138. The molecule has 0 amide bonds. The second-order valence-electron chi connectivity index (χ2n) is 3.48. The van der Waals surface area contributed by atoms with Gasteiger partial charge in [0.2, 0.25) is 0 Å². The van der Waals surface area contributed by atoms with Crippen LogP contribution in [0.15, 0.2) is 30.4 Å². The van der Waals surface area contributed by atoms with Crippen LogP contribution >= 0.6 is 11.6 Å². The molecule has 0 aliphatic rings. The molecule has 1 aromatic rings. The number of benzene rings is 1. The number of nitrogens with zero attached hydrogens (tertiary/aromatic N) is 1. The van der Waals surface area contributed by atoms with Crippen molar-refractivity contribution >= 4 is 23.3 Å². The Morgan fingerprint density at radius 2 is 2.33 bits per heavy atom. The van der Waals surface area contributed by atoms with Crippen molar-refractivity contribution in [2.45, 2.75) is 6.92 Å². The number of nitrogens with one attached hydrogen (secondary N) is 1. The van der Waals surface area contributed by atoms with Crippen molar-refractivity contribution in [3.05, 3.63) is 40.9 Å². The Kier molecular flexibility index (Phi) is 5.22. The summed E-state index contributed by atoms with van der Waals surface area (Å²) in [6.07, 6.45) is 0. The quantitative estimate of drug-likeness (QED) is 0.656. The van der Waals surface area contributed by atoms with Crippen molar-refractivity contribution in [3.8, 4) is 6.07 Å². The Bertz CT molecular complexity index is 506. The standard InChI is InChI=1S/C13H13ClN2O2/c1-3-18-13(17)9(2)8-16-11-5-4-10(7-15)12(14)6-11/h4-6,16H,2-3,8H2,1H3. The minimum atomic E-state index is -0.426. The molecule has 0 fully saturated rings. The molecule has 0 saturated carbocycles. The Morgan fingerprint density at radius 3 is 2.89 bits per heavy atom. The van der Waals surface area contributed by atoms with Gasteiger partial charge in [-0.05, 0) is 25.1 Å². The summed E-state index contributed by atoms with van der Waals surface area (Å²) >= 11 is 5.88. The molecule has 4 nitrogen and oxygen atoms in total. The zero-order chi connectivity index (χ0) is 13.5. The smallest absolute Gasteiger partial charge is 0.335 e. The van der Waals surface area contributed by atoms with Crippen molar-refractivity contribution < 1.29 is 9.53 Å². The van der Waals surface area contributed by atoms with Gasteiger partial charge in [-0.25, -0.2) is 4.79 Å². The third kappa shape index (κ3) is 3.79. The van der Waals surface area contributed by atoms with E-state index in [0.717, 1.165) is 0 Å². The zero-order valence-corrected chi connectivity index (χ0v) is 10.8. The molecule has 0 bridgehead atoms. The molecule has 0 aliphatic heterocycles. The summed E-state index contributed by atoms with van der Waals surface area (Å²) in [4.78, 5) is 11.3. The van der Waals surface area contributed by atoms with Gasteiger partial charge in [0.1, 0.15) is 6.07 Å². The lowest BCUT2D eigenvalue weighted by Crippen LogP contribution is -2.14. The Balaban J connectivity index is 2.59. The molecule has 0 heterocycles. The van der Waals surface area contributed by atoms with E-state index in [1.54, 1.807) is 25.1 Å². The zero-order valence-electron chi connectivity index (χ0n) is 10.00. The van der Waals surface area contributed by atoms with E-state index in [2.05, 4.69) is 11.9 Å². The predicted molar refractivity (Wildman–Crippen MR) is 70.4 cm³/mol. The van der Waals surface area contributed by atoms with E-state index in [4.69, 9.17) is 21.6 Å². The van der Waals surface area contributed by atoms with E-state index in [9.17, 15) is 4.79 Å². The summed E-state index contributed by atoms with van der Waals surface area (Å²) in [5.41, 5.74) is 1.45. The van der Waals surface area contributed by atoms with Gasteiger partial charge in [-0.1, -0.05) is 18.2 Å². The van der Waals surface area contributed by atoms with Crippen molar-refractivity contribution in [2.24, 2.45) is 0 Å². The van der Waals surface area contributed by atoms with Crippen LogP contribution in [0, 0.1) is 11.3 Å². The first-order valence-corrected chi connectivity index (χ1v) is 5.74. The summed E-state index contributed by atoms with van der Waals surface area (Å²) < 4.78 is 4.80. The number of hydrogen-bond acceptors (Lipinski definition) is 4. The van der Waals surface area contributed by atoms with E-state index in [0.29, 0.717) is 28.5 Å². The average Bonchev–Trinajstić information content (AvgIpc) is 2.36. The monoisotopic (exact) mass is 264 g/mol. The van der Waals surface area contributed by atoms with Gasteiger partial charge in [-0.3, -0.25) is 0 Å². The molecule has 5 heteroatoms. The summed E-state index contributed by atoms with van der Waals surface area (Å²) in [6.45, 7) is 5.94. The van der Waals surface area contributed by atoms with Gasteiger partial charge in [0.05, 0.1) is 17.2 Å². The Labute approximate surface area is 111 Å². The van der Waals surface area contributed by atoms with Crippen molar-refractivity contribution in [3.63, 3.8) is 0 Å². The van der Waals surface area contributed by atoms with E-state index in [1.165, 1.54) is 0 Å². The van der Waals surface area contributed by atoms with E-state index < -0.39 is 5.97 Å². The van der Waals surface area contributed by atoms with Crippen LogP contribution in [0.25, 0.3) is 0 Å². The van der Waals surface area contributed by atoms with Gasteiger partial charge in [-0.2, -0.15) is 5.26 Å². The van der Waals surface area contributed by atoms with Crippen molar-refractivity contribution in [1.82, 2.24) is 0 Å². The maximum absolute atomic E-state index is 11.3. The van der Waals surface area contributed by atoms with E-state index in [1.807, 2.05) is 6.07 Å². The predicted octanol–water partition coefficient (Wildman–Crippen LogP) is 2.74. The first kappa shape index (κ1) is 14.1. The number of hydrogen-bond donors (Lipinski definition) is 1. The first-order chi connectivity index (χ1) is 8.58. The number of halogens is 1. The molecule has 1 aromatic carbocycles. The van der Waals surface area contributed by atoms with Gasteiger partial charge in [0.15, 0.2) is 0 Å². The highest BCUT2D eigenvalue weighted by Gasteiger charge is 2.07. The molecular weight excluding hydrogens is 252 g/mol. The molecule has 0 spiro atoms. The van der Waals surface area contributed by atoms with Crippen LogP contribution in [0.4, 0.5) is 5.69 Å². The minimum Gasteiger partial charge on any atom is -0.463 e. The van der Waals surface area contributed by atoms with Gasteiger partial charge in [-0.15, -0.1) is 0 Å². The summed E-state index contributed by atoms with van der Waals surface area (Å²) in [5, 5.41) is 12.1. The van der Waals surface area contributed by atoms with E-state index >= 15 is 0 Å². The summed E-state index contributed by atoms with van der Waals surface area (Å²) in [7, 11) is 0. The van der Waals surface area contributed by atoms with Crippen LogP contribution in [0.3, 0.4) is 0 Å². The first-order valence-electron chi connectivity index (χ1n) is 5.37. The Morgan fingerprint density at radius 1 is 1.61 bits per heavy atom. The third-order valence-electron chi connectivity index (χ3n) is 2.16. The second kappa shape index (κ2) is 6.67. The molecule has 0 unspecified atom stereocenters. The topological polar surface area (TPSA) is 62.1 Å². The van der Waals surface area contributed by atoms with Crippen LogP contribution in [-0.2, 0) is 9.53 Å². The number of esters is 1. The van der Waals surface area contributed by atoms with Gasteiger partial charge in [0.25, 0.3) is 0 Å². The van der Waals surface area contributed by atoms with E-state index in [-0.39, 0.29) is 6.54 Å². The van der Waals surface area contributed by atoms with Crippen molar-refractivity contribution in [2.75, 3.05) is 18.5 Å².